The highest BCUT2D eigenvalue weighted by Gasteiger charge is 2.25. The number of nitrogens with zero attached hydrogens (tertiary/aromatic N) is 3. The highest BCUT2D eigenvalue weighted by molar-refractivity contribution is 5.85. The number of halogens is 2. The first-order chi connectivity index (χ1) is 10.6. The predicted molar refractivity (Wildman–Crippen MR) is 88.3 cm³/mol. The van der Waals surface area contributed by atoms with Crippen molar-refractivity contribution in [2.75, 3.05) is 26.7 Å². The maximum atomic E-state index is 13.8. The molecule has 2 unspecified atom stereocenters. The van der Waals surface area contributed by atoms with Crippen LogP contribution in [-0.4, -0.2) is 41.7 Å². The molecule has 2 aromatic rings. The molecule has 0 spiro atoms. The standard InChI is InChI=1S/C16H21FN4O.ClH/c1-11(12-5-3-4-6-13(12)17)9-15-19-16(20-22-15)14-10-18-7-8-21(14)2;/h3-6,11,14,18H,7-10H2,1-2H3;1H. The molecule has 3 rings (SSSR count). The molecule has 1 aliphatic heterocycles. The van der Waals surface area contributed by atoms with Gasteiger partial charge < -0.3 is 9.84 Å². The molecule has 0 saturated carbocycles. The van der Waals surface area contributed by atoms with Gasteiger partial charge in [-0.2, -0.15) is 4.98 Å². The van der Waals surface area contributed by atoms with Crippen molar-refractivity contribution in [3.63, 3.8) is 0 Å². The lowest BCUT2D eigenvalue weighted by Gasteiger charge is -2.30. The summed E-state index contributed by atoms with van der Waals surface area (Å²) in [6.07, 6.45) is 0.539. The fraction of sp³-hybridized carbons (Fsp3) is 0.500. The van der Waals surface area contributed by atoms with Crippen LogP contribution in [0.2, 0.25) is 0 Å². The van der Waals surface area contributed by atoms with E-state index in [-0.39, 0.29) is 30.2 Å². The predicted octanol–water partition coefficient (Wildman–Crippen LogP) is 2.55. The molecule has 1 aliphatic rings. The Bertz CT molecular complexity index is 636. The van der Waals surface area contributed by atoms with Crippen molar-refractivity contribution in [3.8, 4) is 0 Å². The Balaban J connectivity index is 0.00000192. The van der Waals surface area contributed by atoms with Crippen LogP contribution in [0.15, 0.2) is 28.8 Å². The van der Waals surface area contributed by atoms with Crippen molar-refractivity contribution in [2.24, 2.45) is 0 Å². The van der Waals surface area contributed by atoms with Crippen LogP contribution in [-0.2, 0) is 6.42 Å². The summed E-state index contributed by atoms with van der Waals surface area (Å²) in [5.74, 6) is 1.07. The third-order valence-corrected chi connectivity index (χ3v) is 4.21. The number of aromatic nitrogens is 2. The summed E-state index contributed by atoms with van der Waals surface area (Å²) in [5, 5.41) is 7.43. The second-order valence-corrected chi connectivity index (χ2v) is 5.87. The van der Waals surface area contributed by atoms with Crippen LogP contribution in [0.3, 0.4) is 0 Å². The fourth-order valence-electron chi connectivity index (χ4n) is 2.83. The first-order valence-electron chi connectivity index (χ1n) is 7.63. The van der Waals surface area contributed by atoms with E-state index < -0.39 is 0 Å². The zero-order chi connectivity index (χ0) is 15.5. The molecule has 7 heteroatoms. The minimum absolute atomic E-state index is 0. The molecule has 5 nitrogen and oxygen atoms in total. The summed E-state index contributed by atoms with van der Waals surface area (Å²) in [4.78, 5) is 6.71. The molecule has 0 aliphatic carbocycles. The highest BCUT2D eigenvalue weighted by Crippen LogP contribution is 2.24. The summed E-state index contributed by atoms with van der Waals surface area (Å²) in [7, 11) is 2.06. The number of benzene rings is 1. The lowest BCUT2D eigenvalue weighted by atomic mass is 9.97. The molecule has 1 saturated heterocycles. The molecular weight excluding hydrogens is 319 g/mol. The average Bonchev–Trinajstić information content (AvgIpc) is 2.96. The van der Waals surface area contributed by atoms with Gasteiger partial charge in [-0.1, -0.05) is 30.3 Å². The summed E-state index contributed by atoms with van der Waals surface area (Å²) in [6.45, 7) is 4.72. The van der Waals surface area contributed by atoms with Gasteiger partial charge in [0.05, 0.1) is 6.04 Å². The fourth-order valence-corrected chi connectivity index (χ4v) is 2.83. The Morgan fingerprint density at radius 3 is 2.96 bits per heavy atom. The Kier molecular flexibility index (Phi) is 6.10. The molecule has 0 amide bonds. The number of hydrogen-bond donors (Lipinski definition) is 1. The third kappa shape index (κ3) is 4.07. The summed E-state index contributed by atoms with van der Waals surface area (Å²) >= 11 is 0. The largest absolute Gasteiger partial charge is 0.339 e. The van der Waals surface area contributed by atoms with Crippen molar-refractivity contribution < 1.29 is 8.91 Å². The van der Waals surface area contributed by atoms with Crippen molar-refractivity contribution >= 4 is 12.4 Å². The van der Waals surface area contributed by atoms with E-state index in [1.807, 2.05) is 13.0 Å². The maximum absolute atomic E-state index is 13.8. The normalized spacial score (nSPS) is 20.0. The van der Waals surface area contributed by atoms with Gasteiger partial charge in [0.1, 0.15) is 5.82 Å². The monoisotopic (exact) mass is 340 g/mol. The van der Waals surface area contributed by atoms with Crippen molar-refractivity contribution in [1.82, 2.24) is 20.4 Å². The number of nitrogens with one attached hydrogen (secondary N) is 1. The van der Waals surface area contributed by atoms with Gasteiger partial charge in [0.2, 0.25) is 5.89 Å². The highest BCUT2D eigenvalue weighted by atomic mass is 35.5. The number of piperazine rings is 1. The Morgan fingerprint density at radius 2 is 2.22 bits per heavy atom. The Labute approximate surface area is 141 Å². The van der Waals surface area contributed by atoms with E-state index in [9.17, 15) is 4.39 Å². The molecule has 1 N–H and O–H groups in total. The van der Waals surface area contributed by atoms with E-state index in [0.29, 0.717) is 23.7 Å². The number of hydrogen-bond acceptors (Lipinski definition) is 5. The lowest BCUT2D eigenvalue weighted by Crippen LogP contribution is -2.44. The lowest BCUT2D eigenvalue weighted by molar-refractivity contribution is 0.190. The van der Waals surface area contributed by atoms with E-state index in [2.05, 4.69) is 27.4 Å². The zero-order valence-electron chi connectivity index (χ0n) is 13.3. The first-order valence-corrected chi connectivity index (χ1v) is 7.63. The maximum Gasteiger partial charge on any atom is 0.227 e. The Morgan fingerprint density at radius 1 is 1.43 bits per heavy atom. The van der Waals surface area contributed by atoms with E-state index >= 15 is 0 Å². The number of likely N-dealkylation sites (N-methyl/N-ethyl adjacent to an activating group) is 1. The van der Waals surface area contributed by atoms with E-state index in [1.54, 1.807) is 12.1 Å². The second-order valence-electron chi connectivity index (χ2n) is 5.87. The first kappa shape index (κ1) is 17.8. The quantitative estimate of drug-likeness (QED) is 0.927. The van der Waals surface area contributed by atoms with Gasteiger partial charge in [0, 0.05) is 26.1 Å². The molecule has 2 atom stereocenters. The van der Waals surface area contributed by atoms with Crippen LogP contribution < -0.4 is 5.32 Å². The van der Waals surface area contributed by atoms with Crippen molar-refractivity contribution in [3.05, 3.63) is 47.4 Å². The average molecular weight is 341 g/mol. The van der Waals surface area contributed by atoms with Crippen molar-refractivity contribution in [2.45, 2.75) is 25.3 Å². The van der Waals surface area contributed by atoms with Gasteiger partial charge in [-0.05, 0) is 24.6 Å². The molecular formula is C16H22ClFN4O. The van der Waals surface area contributed by atoms with Gasteiger partial charge in [-0.25, -0.2) is 4.39 Å². The molecule has 1 aromatic heterocycles. The molecule has 0 radical (unpaired) electrons. The van der Waals surface area contributed by atoms with Gasteiger partial charge in [0.25, 0.3) is 0 Å². The minimum atomic E-state index is -0.189. The van der Waals surface area contributed by atoms with Crippen LogP contribution >= 0.6 is 12.4 Å². The molecule has 23 heavy (non-hydrogen) atoms. The topological polar surface area (TPSA) is 54.2 Å². The van der Waals surface area contributed by atoms with Crippen LogP contribution in [0.25, 0.3) is 0 Å². The van der Waals surface area contributed by atoms with Gasteiger partial charge >= 0.3 is 0 Å². The van der Waals surface area contributed by atoms with Gasteiger partial charge in [-0.3, -0.25) is 4.90 Å². The molecule has 126 valence electrons. The molecule has 1 fully saturated rings. The van der Waals surface area contributed by atoms with E-state index in [1.165, 1.54) is 6.07 Å². The summed E-state index contributed by atoms with van der Waals surface area (Å²) in [5.41, 5.74) is 0.679. The smallest absolute Gasteiger partial charge is 0.227 e. The van der Waals surface area contributed by atoms with E-state index in [0.717, 1.165) is 19.6 Å². The Hall–Kier alpha value is -1.50. The van der Waals surface area contributed by atoms with Crippen LogP contribution in [0, 0.1) is 5.82 Å². The van der Waals surface area contributed by atoms with Crippen molar-refractivity contribution in [1.29, 1.82) is 0 Å². The minimum Gasteiger partial charge on any atom is -0.339 e. The van der Waals surface area contributed by atoms with Gasteiger partial charge in [-0.15, -0.1) is 12.4 Å². The van der Waals surface area contributed by atoms with Crippen LogP contribution in [0.5, 0.6) is 0 Å². The third-order valence-electron chi connectivity index (χ3n) is 4.21. The van der Waals surface area contributed by atoms with Gasteiger partial charge in [0.15, 0.2) is 5.82 Å². The SMILES string of the molecule is CC(Cc1nc(C2CNCCN2C)no1)c1ccccc1F.Cl. The summed E-state index contributed by atoms with van der Waals surface area (Å²) in [6, 6.07) is 6.96. The zero-order valence-corrected chi connectivity index (χ0v) is 14.1. The number of rotatable bonds is 4. The van der Waals surface area contributed by atoms with E-state index in [4.69, 9.17) is 4.52 Å². The second kappa shape index (κ2) is 7.86. The molecule has 2 heterocycles. The summed E-state index contributed by atoms with van der Waals surface area (Å²) < 4.78 is 19.2. The van der Waals surface area contributed by atoms with Crippen LogP contribution in [0.1, 0.15) is 36.2 Å². The van der Waals surface area contributed by atoms with Crippen LogP contribution in [0.4, 0.5) is 4.39 Å². The molecule has 1 aromatic carbocycles. The molecule has 0 bridgehead atoms.